The molecule has 2 aromatic carbocycles. The first-order valence-corrected chi connectivity index (χ1v) is 10.4. The van der Waals surface area contributed by atoms with Crippen LogP contribution in [0.4, 0.5) is 9.52 Å². The minimum atomic E-state index is -0.477. The van der Waals surface area contributed by atoms with Crippen molar-refractivity contribution in [3.63, 3.8) is 0 Å². The van der Waals surface area contributed by atoms with Crippen LogP contribution in [0, 0.1) is 12.7 Å². The van der Waals surface area contributed by atoms with Crippen molar-refractivity contribution in [1.29, 1.82) is 0 Å². The maximum absolute atomic E-state index is 14.2. The molecule has 1 aliphatic rings. The van der Waals surface area contributed by atoms with Crippen LogP contribution in [0.15, 0.2) is 46.9 Å². The van der Waals surface area contributed by atoms with Gasteiger partial charge < -0.3 is 9.15 Å². The highest BCUT2D eigenvalue weighted by atomic mass is 32.1. The summed E-state index contributed by atoms with van der Waals surface area (Å²) in [6.45, 7) is 2.86. The number of aromatic nitrogens is 1. The third-order valence-electron chi connectivity index (χ3n) is 5.28. The van der Waals surface area contributed by atoms with E-state index in [9.17, 15) is 9.18 Å². The van der Waals surface area contributed by atoms with E-state index in [2.05, 4.69) is 4.98 Å². The summed E-state index contributed by atoms with van der Waals surface area (Å²) >= 11 is 1.45. The highest BCUT2D eigenvalue weighted by Gasteiger charge is 2.30. The quantitative estimate of drug-likeness (QED) is 0.457. The number of hydrogen-bond donors (Lipinski definition) is 0. The molecule has 0 radical (unpaired) electrons. The lowest BCUT2D eigenvalue weighted by molar-refractivity contribution is 0.0896. The average Bonchev–Trinajstić information content (AvgIpc) is 3.45. The Morgan fingerprint density at radius 1 is 1.28 bits per heavy atom. The number of amides is 1. The number of halogens is 1. The van der Waals surface area contributed by atoms with Gasteiger partial charge in [-0.05, 0) is 38.0 Å². The summed E-state index contributed by atoms with van der Waals surface area (Å²) in [4.78, 5) is 19.8. The Bertz CT molecular complexity index is 1180. The van der Waals surface area contributed by atoms with E-state index >= 15 is 0 Å². The number of carbonyl (C=O) groups excluding carboxylic acids is 1. The zero-order valence-corrected chi connectivity index (χ0v) is 16.7. The van der Waals surface area contributed by atoms with Crippen LogP contribution in [-0.4, -0.2) is 30.1 Å². The fourth-order valence-corrected chi connectivity index (χ4v) is 4.72. The molecule has 0 N–H and O–H groups in total. The van der Waals surface area contributed by atoms with E-state index in [1.807, 2.05) is 24.3 Å². The van der Waals surface area contributed by atoms with E-state index in [0.717, 1.165) is 23.1 Å². The number of carbonyl (C=O) groups is 1. The predicted octanol–water partition coefficient (Wildman–Crippen LogP) is 5.32. The molecular formula is C22H19FN2O3S. The number of benzene rings is 2. The molecule has 0 bridgehead atoms. The number of anilines is 1. The minimum Gasteiger partial charge on any atom is -0.448 e. The van der Waals surface area contributed by atoms with Gasteiger partial charge in [0, 0.05) is 17.6 Å². The number of hydrogen-bond acceptors (Lipinski definition) is 5. The largest absolute Gasteiger partial charge is 0.448 e. The molecule has 0 spiro atoms. The Kier molecular flexibility index (Phi) is 4.56. The number of furan rings is 1. The number of rotatable bonds is 4. The molecule has 5 nitrogen and oxygen atoms in total. The van der Waals surface area contributed by atoms with Crippen molar-refractivity contribution in [1.82, 2.24) is 4.98 Å². The number of thiazole rings is 1. The van der Waals surface area contributed by atoms with E-state index in [1.54, 1.807) is 24.0 Å². The second-order valence-electron chi connectivity index (χ2n) is 7.19. The van der Waals surface area contributed by atoms with E-state index < -0.39 is 5.82 Å². The highest BCUT2D eigenvalue weighted by molar-refractivity contribution is 7.22. The molecule has 5 rings (SSSR count). The van der Waals surface area contributed by atoms with Gasteiger partial charge in [-0.25, -0.2) is 9.37 Å². The van der Waals surface area contributed by atoms with Crippen LogP contribution in [0.3, 0.4) is 0 Å². The Hall–Kier alpha value is -2.77. The molecule has 1 saturated heterocycles. The van der Waals surface area contributed by atoms with Gasteiger partial charge >= 0.3 is 0 Å². The lowest BCUT2D eigenvalue weighted by atomic mass is 10.1. The van der Waals surface area contributed by atoms with Crippen LogP contribution in [0.25, 0.3) is 21.2 Å². The van der Waals surface area contributed by atoms with Gasteiger partial charge in [-0.3, -0.25) is 9.69 Å². The number of para-hydroxylation sites is 2. The zero-order chi connectivity index (χ0) is 20.0. The summed E-state index contributed by atoms with van der Waals surface area (Å²) in [5, 5.41) is 1.20. The topological polar surface area (TPSA) is 55.6 Å². The van der Waals surface area contributed by atoms with Gasteiger partial charge in [-0.1, -0.05) is 35.6 Å². The molecule has 29 heavy (non-hydrogen) atoms. The average molecular weight is 410 g/mol. The summed E-state index contributed by atoms with van der Waals surface area (Å²) in [6.07, 6.45) is 1.82. The second-order valence-corrected chi connectivity index (χ2v) is 8.20. The highest BCUT2D eigenvalue weighted by Crippen LogP contribution is 2.33. The molecule has 1 amide bonds. The zero-order valence-electron chi connectivity index (χ0n) is 15.9. The van der Waals surface area contributed by atoms with E-state index in [4.69, 9.17) is 9.15 Å². The van der Waals surface area contributed by atoms with Crippen LogP contribution < -0.4 is 4.90 Å². The molecule has 3 heterocycles. The van der Waals surface area contributed by atoms with E-state index in [-0.39, 0.29) is 23.4 Å². The number of fused-ring (bicyclic) bond motifs is 2. The van der Waals surface area contributed by atoms with Gasteiger partial charge in [-0.2, -0.15) is 0 Å². The Morgan fingerprint density at radius 2 is 2.14 bits per heavy atom. The van der Waals surface area contributed by atoms with Crippen molar-refractivity contribution in [2.45, 2.75) is 25.9 Å². The lowest BCUT2D eigenvalue weighted by Gasteiger charge is -2.22. The Morgan fingerprint density at radius 3 is 2.90 bits per heavy atom. The van der Waals surface area contributed by atoms with Crippen molar-refractivity contribution in [3.05, 3.63) is 59.6 Å². The summed E-state index contributed by atoms with van der Waals surface area (Å²) in [7, 11) is 0. The molecule has 148 valence electrons. The van der Waals surface area contributed by atoms with E-state index in [1.165, 1.54) is 17.4 Å². The number of ether oxygens (including phenoxy) is 1. The lowest BCUT2D eigenvalue weighted by Crippen LogP contribution is -2.37. The van der Waals surface area contributed by atoms with Gasteiger partial charge in [0.2, 0.25) is 0 Å². The molecule has 7 heteroatoms. The maximum Gasteiger partial charge on any atom is 0.296 e. The molecule has 0 aliphatic carbocycles. The Balaban J connectivity index is 1.59. The summed E-state index contributed by atoms with van der Waals surface area (Å²) in [5.74, 6) is -0.662. The van der Waals surface area contributed by atoms with Crippen molar-refractivity contribution < 1.29 is 18.3 Å². The fraction of sp³-hybridized carbons (Fsp3) is 0.273. The summed E-state index contributed by atoms with van der Waals surface area (Å²) in [6, 6.07) is 12.5. The monoisotopic (exact) mass is 410 g/mol. The molecule has 1 atom stereocenters. The number of aryl methyl sites for hydroxylation is 1. The summed E-state index contributed by atoms with van der Waals surface area (Å²) in [5.41, 5.74) is 1.57. The maximum atomic E-state index is 14.2. The predicted molar refractivity (Wildman–Crippen MR) is 111 cm³/mol. The second kappa shape index (κ2) is 7.24. The fourth-order valence-electron chi connectivity index (χ4n) is 3.75. The van der Waals surface area contributed by atoms with Gasteiger partial charge in [0.05, 0.1) is 22.9 Å². The number of nitrogens with zero attached hydrogens (tertiary/aromatic N) is 2. The Labute approximate surface area is 170 Å². The van der Waals surface area contributed by atoms with Crippen molar-refractivity contribution in [2.75, 3.05) is 18.1 Å². The molecule has 1 aliphatic heterocycles. The first kappa shape index (κ1) is 18.3. The molecule has 2 aromatic heterocycles. The van der Waals surface area contributed by atoms with Crippen LogP contribution in [0.2, 0.25) is 0 Å². The van der Waals surface area contributed by atoms with Crippen LogP contribution >= 0.6 is 11.3 Å². The standard InChI is InChI=1S/C22H19FN2O3S/c1-13-15-7-4-8-16(23)20(15)28-19(13)21(26)25(12-14-6-5-11-27-14)22-24-17-9-2-3-10-18(17)29-22/h2-4,7-10,14H,5-6,11-12H2,1H3/t14-/m1/s1. The van der Waals surface area contributed by atoms with Crippen molar-refractivity contribution in [3.8, 4) is 0 Å². The van der Waals surface area contributed by atoms with Crippen molar-refractivity contribution >= 4 is 43.6 Å². The summed E-state index contributed by atoms with van der Waals surface area (Å²) < 4.78 is 26.7. The van der Waals surface area contributed by atoms with Gasteiger partial charge in [0.1, 0.15) is 0 Å². The molecule has 4 aromatic rings. The van der Waals surface area contributed by atoms with E-state index in [0.29, 0.717) is 29.2 Å². The first-order valence-electron chi connectivity index (χ1n) is 9.58. The van der Waals surface area contributed by atoms with Gasteiger partial charge in [0.25, 0.3) is 5.91 Å². The van der Waals surface area contributed by atoms with Gasteiger partial charge in [0.15, 0.2) is 22.3 Å². The molecule has 0 unspecified atom stereocenters. The first-order chi connectivity index (χ1) is 14.1. The normalized spacial score (nSPS) is 16.7. The van der Waals surface area contributed by atoms with Crippen molar-refractivity contribution in [2.24, 2.45) is 0 Å². The van der Waals surface area contributed by atoms with Gasteiger partial charge in [-0.15, -0.1) is 0 Å². The third-order valence-corrected chi connectivity index (χ3v) is 6.34. The van der Waals surface area contributed by atoms with Crippen LogP contribution in [0.5, 0.6) is 0 Å². The molecule has 0 saturated carbocycles. The van der Waals surface area contributed by atoms with Crippen LogP contribution in [-0.2, 0) is 4.74 Å². The smallest absolute Gasteiger partial charge is 0.296 e. The molecule has 1 fully saturated rings. The minimum absolute atomic E-state index is 0.0487. The third kappa shape index (κ3) is 3.20. The molecular weight excluding hydrogens is 391 g/mol. The van der Waals surface area contributed by atoms with Crippen LogP contribution in [0.1, 0.15) is 29.0 Å². The SMILES string of the molecule is Cc1c(C(=O)N(C[C@H]2CCCO2)c2nc3ccccc3s2)oc2c(F)cccc12.